The van der Waals surface area contributed by atoms with Crippen LogP contribution in [0.25, 0.3) is 0 Å². The standard InChI is InChI=1S/C21H26ClNO4/c1-13(2)20(15-5-6-17-18(11-15)27-8-7-26-17)23-12-14-9-16(22)21(25-4)19(10-14)24-3/h5-6,9-11,13,20,23H,7-8,12H2,1-4H3. The van der Waals surface area contributed by atoms with Gasteiger partial charge in [0.25, 0.3) is 0 Å². The third kappa shape index (κ3) is 4.42. The number of benzene rings is 2. The fourth-order valence-corrected chi connectivity index (χ4v) is 3.60. The van der Waals surface area contributed by atoms with Crippen molar-refractivity contribution < 1.29 is 18.9 Å². The maximum Gasteiger partial charge on any atom is 0.179 e. The zero-order valence-corrected chi connectivity index (χ0v) is 16.9. The van der Waals surface area contributed by atoms with Gasteiger partial charge in [0.05, 0.1) is 19.2 Å². The molecule has 0 radical (unpaired) electrons. The summed E-state index contributed by atoms with van der Waals surface area (Å²) in [7, 11) is 3.19. The van der Waals surface area contributed by atoms with Gasteiger partial charge in [-0.1, -0.05) is 31.5 Å². The average molecular weight is 392 g/mol. The van der Waals surface area contributed by atoms with E-state index in [9.17, 15) is 0 Å². The van der Waals surface area contributed by atoms with Gasteiger partial charge in [-0.3, -0.25) is 0 Å². The Hall–Kier alpha value is -2.11. The second-order valence-corrected chi connectivity index (χ2v) is 7.23. The molecule has 1 unspecified atom stereocenters. The first-order valence-corrected chi connectivity index (χ1v) is 9.44. The van der Waals surface area contributed by atoms with Gasteiger partial charge in [0, 0.05) is 12.6 Å². The van der Waals surface area contributed by atoms with E-state index in [-0.39, 0.29) is 6.04 Å². The number of ether oxygens (including phenoxy) is 4. The summed E-state index contributed by atoms with van der Waals surface area (Å²) in [5.41, 5.74) is 2.20. The van der Waals surface area contributed by atoms with Crippen molar-refractivity contribution in [2.75, 3.05) is 27.4 Å². The van der Waals surface area contributed by atoms with E-state index >= 15 is 0 Å². The van der Waals surface area contributed by atoms with E-state index < -0.39 is 0 Å². The van der Waals surface area contributed by atoms with Crippen molar-refractivity contribution in [3.63, 3.8) is 0 Å². The van der Waals surface area contributed by atoms with Crippen molar-refractivity contribution in [2.24, 2.45) is 5.92 Å². The fourth-order valence-electron chi connectivity index (χ4n) is 3.29. The zero-order valence-electron chi connectivity index (χ0n) is 16.2. The number of halogens is 1. The second-order valence-electron chi connectivity index (χ2n) is 6.82. The van der Waals surface area contributed by atoms with Gasteiger partial charge in [-0.05, 0) is 41.3 Å². The van der Waals surface area contributed by atoms with Crippen molar-refractivity contribution >= 4 is 11.6 Å². The number of hydrogen-bond donors (Lipinski definition) is 1. The Labute approximate surface area is 165 Å². The van der Waals surface area contributed by atoms with Crippen LogP contribution in [-0.2, 0) is 6.54 Å². The lowest BCUT2D eigenvalue weighted by Gasteiger charge is -2.26. The molecule has 5 nitrogen and oxygen atoms in total. The highest BCUT2D eigenvalue weighted by atomic mass is 35.5. The topological polar surface area (TPSA) is 49.0 Å². The van der Waals surface area contributed by atoms with E-state index in [4.69, 9.17) is 30.5 Å². The molecule has 0 amide bonds. The molecule has 0 saturated carbocycles. The van der Waals surface area contributed by atoms with Crippen LogP contribution in [-0.4, -0.2) is 27.4 Å². The third-order valence-corrected chi connectivity index (χ3v) is 4.89. The smallest absolute Gasteiger partial charge is 0.179 e. The van der Waals surface area contributed by atoms with Gasteiger partial charge in [0.1, 0.15) is 13.2 Å². The SMILES string of the molecule is COc1cc(CNC(c2ccc3c(c2)OCCO3)C(C)C)cc(Cl)c1OC. The maximum atomic E-state index is 6.32. The number of methoxy groups -OCH3 is 2. The average Bonchev–Trinajstić information content (AvgIpc) is 2.67. The highest BCUT2D eigenvalue weighted by Gasteiger charge is 2.20. The van der Waals surface area contributed by atoms with E-state index in [1.54, 1.807) is 14.2 Å². The molecule has 1 heterocycles. The summed E-state index contributed by atoms with van der Waals surface area (Å²) >= 11 is 6.32. The summed E-state index contributed by atoms with van der Waals surface area (Å²) in [5.74, 6) is 3.18. The van der Waals surface area contributed by atoms with Gasteiger partial charge in [-0.2, -0.15) is 0 Å². The molecular weight excluding hydrogens is 366 g/mol. The molecule has 27 heavy (non-hydrogen) atoms. The van der Waals surface area contributed by atoms with Gasteiger partial charge in [-0.15, -0.1) is 0 Å². The monoisotopic (exact) mass is 391 g/mol. The first kappa shape index (κ1) is 19.6. The van der Waals surface area contributed by atoms with E-state index in [0.717, 1.165) is 17.1 Å². The molecule has 1 atom stereocenters. The number of fused-ring (bicyclic) bond motifs is 1. The summed E-state index contributed by atoms with van der Waals surface area (Å²) in [6.07, 6.45) is 0. The van der Waals surface area contributed by atoms with Crippen LogP contribution in [0.4, 0.5) is 0 Å². The van der Waals surface area contributed by atoms with Gasteiger partial charge < -0.3 is 24.3 Å². The lowest BCUT2D eigenvalue weighted by atomic mass is 9.95. The van der Waals surface area contributed by atoms with E-state index in [2.05, 4.69) is 31.3 Å². The van der Waals surface area contributed by atoms with Crippen LogP contribution in [0.5, 0.6) is 23.0 Å². The van der Waals surface area contributed by atoms with Crippen LogP contribution in [0.1, 0.15) is 31.0 Å². The molecule has 0 bridgehead atoms. The van der Waals surface area contributed by atoms with Crippen LogP contribution >= 0.6 is 11.6 Å². The Morgan fingerprint density at radius 3 is 2.44 bits per heavy atom. The molecular formula is C21H26ClNO4. The second kappa shape index (κ2) is 8.72. The summed E-state index contributed by atoms with van der Waals surface area (Å²) < 4.78 is 22.0. The predicted octanol–water partition coefficient (Wildman–Crippen LogP) is 4.62. The minimum atomic E-state index is 0.160. The molecule has 146 valence electrons. The molecule has 0 saturated heterocycles. The fraction of sp³-hybridized carbons (Fsp3) is 0.429. The molecule has 3 rings (SSSR count). The summed E-state index contributed by atoms with van der Waals surface area (Å²) in [6, 6.07) is 10.1. The molecule has 1 aliphatic heterocycles. The first-order valence-electron chi connectivity index (χ1n) is 9.06. The Morgan fingerprint density at radius 1 is 1.04 bits per heavy atom. The van der Waals surface area contributed by atoms with E-state index in [1.165, 1.54) is 5.56 Å². The highest BCUT2D eigenvalue weighted by molar-refractivity contribution is 6.32. The third-order valence-electron chi connectivity index (χ3n) is 4.61. The van der Waals surface area contributed by atoms with E-state index in [0.29, 0.717) is 42.2 Å². The number of hydrogen-bond acceptors (Lipinski definition) is 5. The van der Waals surface area contributed by atoms with Crippen molar-refractivity contribution in [1.29, 1.82) is 0 Å². The molecule has 1 aliphatic rings. The normalized spacial score (nSPS) is 14.1. The predicted molar refractivity (Wildman–Crippen MR) is 106 cm³/mol. The van der Waals surface area contributed by atoms with Crippen molar-refractivity contribution in [1.82, 2.24) is 5.32 Å². The summed E-state index contributed by atoms with van der Waals surface area (Å²) in [4.78, 5) is 0. The first-order chi connectivity index (χ1) is 13.0. The van der Waals surface area contributed by atoms with Crippen molar-refractivity contribution in [3.05, 3.63) is 46.5 Å². The van der Waals surface area contributed by atoms with Crippen LogP contribution < -0.4 is 24.3 Å². The minimum absolute atomic E-state index is 0.160. The Bertz CT molecular complexity index is 794. The maximum absolute atomic E-state index is 6.32. The molecule has 0 spiro atoms. The number of nitrogens with one attached hydrogen (secondary N) is 1. The van der Waals surface area contributed by atoms with Gasteiger partial charge in [-0.25, -0.2) is 0 Å². The van der Waals surface area contributed by atoms with Gasteiger partial charge in [0.2, 0.25) is 0 Å². The molecule has 2 aromatic carbocycles. The highest BCUT2D eigenvalue weighted by Crippen LogP contribution is 2.37. The minimum Gasteiger partial charge on any atom is -0.493 e. The Morgan fingerprint density at radius 2 is 1.78 bits per heavy atom. The van der Waals surface area contributed by atoms with Crippen molar-refractivity contribution in [2.45, 2.75) is 26.4 Å². The van der Waals surface area contributed by atoms with Gasteiger partial charge >= 0.3 is 0 Å². The zero-order chi connectivity index (χ0) is 19.4. The van der Waals surface area contributed by atoms with Crippen LogP contribution in [0.15, 0.2) is 30.3 Å². The largest absolute Gasteiger partial charge is 0.493 e. The van der Waals surface area contributed by atoms with E-state index in [1.807, 2.05) is 18.2 Å². The van der Waals surface area contributed by atoms with Gasteiger partial charge in [0.15, 0.2) is 23.0 Å². The summed E-state index contributed by atoms with van der Waals surface area (Å²) in [5, 5.41) is 4.16. The Kier molecular flexibility index (Phi) is 6.34. The lowest BCUT2D eigenvalue weighted by Crippen LogP contribution is -2.26. The molecule has 6 heteroatoms. The van der Waals surface area contributed by atoms with Crippen LogP contribution in [0.3, 0.4) is 0 Å². The molecule has 1 N–H and O–H groups in total. The van der Waals surface area contributed by atoms with Crippen LogP contribution in [0, 0.1) is 5.92 Å². The van der Waals surface area contributed by atoms with Crippen molar-refractivity contribution in [3.8, 4) is 23.0 Å². The van der Waals surface area contributed by atoms with Crippen LogP contribution in [0.2, 0.25) is 5.02 Å². The molecule has 0 aromatic heterocycles. The molecule has 2 aromatic rings. The molecule has 0 aliphatic carbocycles. The summed E-state index contributed by atoms with van der Waals surface area (Å²) in [6.45, 7) is 6.21. The quantitative estimate of drug-likeness (QED) is 0.746. The number of rotatable bonds is 7. The Balaban J connectivity index is 1.79. The molecule has 0 fully saturated rings. The lowest BCUT2D eigenvalue weighted by molar-refractivity contribution is 0.171.